The van der Waals surface area contributed by atoms with E-state index in [1.165, 1.54) is 70.8 Å². The number of phenols is 2. The van der Waals surface area contributed by atoms with Gasteiger partial charge in [-0.3, -0.25) is 19.2 Å². The van der Waals surface area contributed by atoms with E-state index in [9.17, 15) is 42.6 Å². The lowest BCUT2D eigenvalue weighted by molar-refractivity contribution is -0.315. The molecule has 4 N–H and O–H groups in total. The Morgan fingerprint density at radius 3 is 1.38 bits per heavy atom. The normalized spacial score (nSPS) is 16.8. The van der Waals surface area contributed by atoms with Gasteiger partial charge in [0.05, 0.1) is 51.3 Å². The topological polar surface area (TPSA) is 249 Å². The standard InChI is InChI=1S/C52H61ClN2O8S.C40H52O5S.C31H46O3/c1-10-51(6,7)36-19-30-45(42(32-36)52(8,9)11-2)61-31-15-18-46(56)54-37-20-29-43(53)44(33-37)55-49(58)47(48(57)50(3,4)5)63-39-23-27-41(28-24-39)64(59,60)40-25-21-38(22-26-40)62-34-35-16-13-12-14-17-35;1-8-39(25-43-35(41)20-19-28-21-31(37(2,3)4)36(42)32(22-28)38(5,6)7)26-44-40(45-27-39)23-33(29-15-11-9-12-16-29)46-34(24-40)30-17-13-10-14-18-30;1-13-30(9,10)21-15-16-25(22(19-21)31(11,12)14-2)34-27(33)20-17-23(28(3,4)5)26(32)24(18-20)29(6,7)8/h12-14,16-17,19-30,32-33,47H,10-11,15,18,31,34H2,1-9H3,(H,54,56)(H,55,58);9-18,21-22,33-34,42H,8,19-20,23-27H2,1-7H3;15-19,32H,13-14H2,1-12H3. The molecule has 12 rings (SSSR count). The zero-order valence-electron chi connectivity index (χ0n) is 90.6. The van der Waals surface area contributed by atoms with Crippen molar-refractivity contribution in [2.75, 3.05) is 37.1 Å². The fourth-order valence-electron chi connectivity index (χ4n) is 17.1. The van der Waals surface area contributed by atoms with Crippen molar-refractivity contribution in [3.05, 3.63) is 296 Å². The predicted molar refractivity (Wildman–Crippen MR) is 585 cm³/mol. The molecule has 10 aromatic rings. The third kappa shape index (κ3) is 30.0. The van der Waals surface area contributed by atoms with Gasteiger partial charge in [-0.2, -0.15) is 0 Å². The van der Waals surface area contributed by atoms with Crippen molar-refractivity contribution in [2.45, 2.75) is 347 Å². The Bertz CT molecular complexity index is 6050. The number of Topliss-reactive ketones (excluding diaryl/α,β-unsaturated/α-hetero) is 1. The van der Waals surface area contributed by atoms with Gasteiger partial charge in [-0.15, -0.1) is 11.8 Å². The number of benzene rings is 10. The van der Waals surface area contributed by atoms with Crippen molar-refractivity contribution < 1.29 is 75.8 Å². The number of halogens is 1. The molecule has 0 aromatic heterocycles. The molecule has 3 unspecified atom stereocenters. The van der Waals surface area contributed by atoms with E-state index in [0.29, 0.717) is 67.8 Å². The first kappa shape index (κ1) is 115. The summed E-state index contributed by atoms with van der Waals surface area (Å²) >= 11 is 8.49. The summed E-state index contributed by atoms with van der Waals surface area (Å²) in [6.07, 6.45) is 6.12. The number of rotatable bonds is 34. The number of phenolic OH excluding ortho intramolecular Hbond substituents is 2. The summed E-state index contributed by atoms with van der Waals surface area (Å²) < 4.78 is 70.5. The number of ketones is 1. The number of aromatic hydroxyl groups is 2. The smallest absolute Gasteiger partial charge is 0.343 e. The molecule has 0 bridgehead atoms. The van der Waals surface area contributed by atoms with Gasteiger partial charge in [-0.05, 0) is 224 Å². The van der Waals surface area contributed by atoms with Gasteiger partial charge in [0.25, 0.3) is 5.91 Å². The SMILES string of the molecule is CCC(C)(C)c1ccc(OC(=O)c2cc(C(C)(C)C)c(O)c(C(C)(C)C)c2)c(C(C)(C)CC)c1.CCC(C)(C)c1ccc(OCCCC(=O)Nc2ccc(Cl)c(NC(=O)C(Oc3ccc(S(=O)(=O)c4ccc(OCc5ccccc5)cc4)cc3)C(=O)C(C)(C)C)c2)c(C(C)(C)CC)c1.CCC1(COC(=O)CCc2cc(C(C)(C)C)c(O)c(C(C)(C)C)c2)COC2(CC(c3ccccc3)SC(c3ccccc3)C2)OC1. The number of esters is 2. The maximum Gasteiger partial charge on any atom is 0.343 e. The summed E-state index contributed by atoms with van der Waals surface area (Å²) in [7, 11) is -3.92. The van der Waals surface area contributed by atoms with Crippen LogP contribution in [-0.4, -0.2) is 86.5 Å². The third-order valence-corrected chi connectivity index (χ3v) is 32.3. The van der Waals surface area contributed by atoms with Crippen LogP contribution < -0.4 is 29.6 Å². The first-order valence-corrected chi connectivity index (χ1v) is 53.8. The maximum atomic E-state index is 13.8. The van der Waals surface area contributed by atoms with Gasteiger partial charge >= 0.3 is 11.9 Å². The van der Waals surface area contributed by atoms with E-state index in [4.69, 9.17) is 44.8 Å². The van der Waals surface area contributed by atoms with E-state index in [1.54, 1.807) is 51.1 Å². The summed E-state index contributed by atoms with van der Waals surface area (Å²) in [6, 6.07) is 67.6. The number of carbonyl (C=O) groups is 5. The summed E-state index contributed by atoms with van der Waals surface area (Å²) in [5.41, 5.74) is 11.1. The van der Waals surface area contributed by atoms with Crippen LogP contribution in [0.15, 0.2) is 228 Å². The number of ether oxygens (including phenoxy) is 7. The molecule has 2 fully saturated rings. The average Bonchev–Trinajstić information content (AvgIpc) is 0.752. The first-order chi connectivity index (χ1) is 67.2. The van der Waals surface area contributed by atoms with E-state index < -0.39 is 44.8 Å². The molecule has 776 valence electrons. The van der Waals surface area contributed by atoms with Crippen LogP contribution in [-0.2, 0) is 99.6 Å². The number of anilines is 2. The van der Waals surface area contributed by atoms with Crippen molar-refractivity contribution in [2.24, 2.45) is 10.8 Å². The van der Waals surface area contributed by atoms with E-state index in [0.717, 1.165) is 95.2 Å². The molecule has 2 saturated heterocycles. The second kappa shape index (κ2) is 47.4. The largest absolute Gasteiger partial charge is 0.507 e. The molecule has 10 aromatic carbocycles. The fourth-order valence-corrected chi connectivity index (χ4v) is 20.2. The van der Waals surface area contributed by atoms with Crippen LogP contribution in [0.1, 0.15) is 346 Å². The minimum atomic E-state index is -3.92. The van der Waals surface area contributed by atoms with E-state index in [1.807, 2.05) is 108 Å². The summed E-state index contributed by atoms with van der Waals surface area (Å²) in [6.45, 7) is 60.4. The molecule has 3 atom stereocenters. The molecular formula is C123H159ClN2O16S2. The minimum absolute atomic E-state index is 0.00873. The highest BCUT2D eigenvalue weighted by Gasteiger charge is 2.51. The Kier molecular flexibility index (Phi) is 37.9. The molecular weight excluding hydrogens is 1860 g/mol. The van der Waals surface area contributed by atoms with Crippen LogP contribution in [0, 0.1) is 10.8 Å². The summed E-state index contributed by atoms with van der Waals surface area (Å²) in [4.78, 5) is 67.1. The summed E-state index contributed by atoms with van der Waals surface area (Å²) in [5.74, 6) is -0.214. The number of hydrogen-bond donors (Lipinski definition) is 4. The van der Waals surface area contributed by atoms with E-state index in [2.05, 4.69) is 227 Å². The Balaban J connectivity index is 0.000000233. The number of thioether (sulfide) groups is 1. The van der Waals surface area contributed by atoms with Crippen LogP contribution in [0.2, 0.25) is 5.02 Å². The molecule has 2 aliphatic rings. The van der Waals surface area contributed by atoms with Crippen molar-refractivity contribution in [3.8, 4) is 34.5 Å². The first-order valence-electron chi connectivity index (χ1n) is 51.0. The number of hydrogen-bond acceptors (Lipinski definition) is 17. The highest BCUT2D eigenvalue weighted by Crippen LogP contribution is 2.57. The van der Waals surface area contributed by atoms with E-state index in [-0.39, 0.29) is 123 Å². The minimum Gasteiger partial charge on any atom is -0.507 e. The monoisotopic (exact) mass is 2020 g/mol. The fraction of sp³-hybridized carbons (Fsp3) is 0.472. The number of carbonyl (C=O) groups excluding carboxylic acids is 5. The quantitative estimate of drug-likeness (QED) is 0.0127. The number of aryl methyl sites for hydroxylation is 1. The van der Waals surface area contributed by atoms with Crippen molar-refractivity contribution in [1.29, 1.82) is 0 Å². The van der Waals surface area contributed by atoms with Crippen molar-refractivity contribution in [1.82, 2.24) is 0 Å². The van der Waals surface area contributed by atoms with E-state index >= 15 is 0 Å². The number of nitrogens with one attached hydrogen (secondary N) is 2. The molecule has 144 heavy (non-hydrogen) atoms. The molecule has 0 radical (unpaired) electrons. The van der Waals surface area contributed by atoms with Crippen LogP contribution >= 0.6 is 23.4 Å². The lowest BCUT2D eigenvalue weighted by Gasteiger charge is -2.50. The molecule has 2 aliphatic heterocycles. The Labute approximate surface area is 868 Å². The Morgan fingerprint density at radius 2 is 0.924 bits per heavy atom. The number of sulfone groups is 1. The second-order valence-corrected chi connectivity index (χ2v) is 50.3. The van der Waals surface area contributed by atoms with Gasteiger partial charge in [0, 0.05) is 69.5 Å². The van der Waals surface area contributed by atoms with Crippen LogP contribution in [0.4, 0.5) is 11.4 Å². The van der Waals surface area contributed by atoms with Gasteiger partial charge in [-0.25, -0.2) is 13.2 Å². The van der Waals surface area contributed by atoms with Gasteiger partial charge in [-0.1, -0.05) is 333 Å². The second-order valence-electron chi connectivity index (χ2n) is 46.6. The zero-order chi connectivity index (χ0) is 106. The van der Waals surface area contributed by atoms with Gasteiger partial charge in [0.1, 0.15) is 47.7 Å². The average molecular weight is 2020 g/mol. The molecule has 0 saturated carbocycles. The Morgan fingerprint density at radius 1 is 0.479 bits per heavy atom. The van der Waals surface area contributed by atoms with Gasteiger partial charge in [0.2, 0.25) is 21.8 Å². The lowest BCUT2D eigenvalue weighted by atomic mass is 9.76. The highest BCUT2D eigenvalue weighted by atomic mass is 35.5. The highest BCUT2D eigenvalue weighted by molar-refractivity contribution is 7.99. The third-order valence-electron chi connectivity index (χ3n) is 28.6. The van der Waals surface area contributed by atoms with Crippen LogP contribution in [0.5, 0.6) is 34.5 Å². The van der Waals surface area contributed by atoms with Crippen molar-refractivity contribution >= 4 is 74.1 Å². The van der Waals surface area contributed by atoms with Crippen LogP contribution in [0.3, 0.4) is 0 Å². The predicted octanol–water partition coefficient (Wildman–Crippen LogP) is 30.1. The molecule has 1 spiro atoms. The zero-order valence-corrected chi connectivity index (χ0v) is 93.0. The van der Waals surface area contributed by atoms with Gasteiger partial charge < -0.3 is 54.0 Å². The summed E-state index contributed by atoms with van der Waals surface area (Å²) in [5, 5.41) is 28.3. The molecule has 0 aliphatic carbocycles. The molecule has 2 amide bonds. The number of amides is 2. The lowest BCUT2D eigenvalue weighted by Crippen LogP contribution is -2.53. The molecule has 2 heterocycles. The molecule has 21 heteroatoms. The van der Waals surface area contributed by atoms with Gasteiger partial charge in [0.15, 0.2) is 11.6 Å². The van der Waals surface area contributed by atoms with Crippen molar-refractivity contribution in [3.63, 3.8) is 0 Å². The van der Waals surface area contributed by atoms with Crippen LogP contribution in [0.25, 0.3) is 0 Å². The maximum absolute atomic E-state index is 13.8. The molecule has 18 nitrogen and oxygen atoms in total. The Hall–Kier alpha value is -10.7.